The molecule has 0 saturated heterocycles. The maximum atomic E-state index is 12.9. The third kappa shape index (κ3) is 5.62. The van der Waals surface area contributed by atoms with Crippen LogP contribution in [0.3, 0.4) is 0 Å². The number of hydrogen-bond acceptors (Lipinski definition) is 5. The maximum Gasteiger partial charge on any atom is 0.274 e. The van der Waals surface area contributed by atoms with Crippen LogP contribution in [0.5, 0.6) is 0 Å². The Morgan fingerprint density at radius 3 is 2.41 bits per heavy atom. The number of amides is 1. The van der Waals surface area contributed by atoms with E-state index in [0.717, 1.165) is 29.9 Å². The van der Waals surface area contributed by atoms with Crippen molar-refractivity contribution in [2.75, 3.05) is 37.8 Å². The van der Waals surface area contributed by atoms with Gasteiger partial charge in [-0.25, -0.2) is 9.97 Å². The quantitative estimate of drug-likeness (QED) is 0.639. The van der Waals surface area contributed by atoms with Gasteiger partial charge in [-0.15, -0.1) is 0 Å². The molecule has 1 heterocycles. The molecule has 2 N–H and O–H groups in total. The van der Waals surface area contributed by atoms with Crippen molar-refractivity contribution in [3.05, 3.63) is 71.4 Å². The second-order valence-corrected chi connectivity index (χ2v) is 7.31. The van der Waals surface area contributed by atoms with Gasteiger partial charge in [-0.3, -0.25) is 4.79 Å². The van der Waals surface area contributed by atoms with Crippen LogP contribution in [-0.4, -0.2) is 48.0 Å². The lowest BCUT2D eigenvalue weighted by atomic mass is 10.1. The SMILES string of the molecule is Cc1ccc(NC(=O)c2cc(NCCN(C)C)nc(-c3ccccc3)n2)cc1C. The highest BCUT2D eigenvalue weighted by atomic mass is 16.1. The van der Waals surface area contributed by atoms with E-state index in [4.69, 9.17) is 0 Å². The minimum atomic E-state index is -0.261. The van der Waals surface area contributed by atoms with Gasteiger partial charge in [0.2, 0.25) is 0 Å². The Morgan fingerprint density at radius 2 is 1.72 bits per heavy atom. The van der Waals surface area contributed by atoms with Crippen molar-refractivity contribution in [2.45, 2.75) is 13.8 Å². The zero-order valence-corrected chi connectivity index (χ0v) is 17.4. The molecule has 6 nitrogen and oxygen atoms in total. The van der Waals surface area contributed by atoms with Crippen LogP contribution in [0.2, 0.25) is 0 Å². The summed E-state index contributed by atoms with van der Waals surface area (Å²) in [4.78, 5) is 24.1. The van der Waals surface area contributed by atoms with Crippen molar-refractivity contribution in [2.24, 2.45) is 0 Å². The zero-order valence-electron chi connectivity index (χ0n) is 17.4. The summed E-state index contributed by atoms with van der Waals surface area (Å²) >= 11 is 0. The Balaban J connectivity index is 1.88. The summed E-state index contributed by atoms with van der Waals surface area (Å²) in [6.07, 6.45) is 0. The zero-order chi connectivity index (χ0) is 20.8. The highest BCUT2D eigenvalue weighted by molar-refractivity contribution is 6.03. The fourth-order valence-electron chi connectivity index (χ4n) is 2.79. The monoisotopic (exact) mass is 389 g/mol. The highest BCUT2D eigenvalue weighted by Crippen LogP contribution is 2.19. The predicted octanol–water partition coefficient (Wildman–Crippen LogP) is 3.99. The molecule has 3 aromatic rings. The van der Waals surface area contributed by atoms with Crippen molar-refractivity contribution < 1.29 is 4.79 Å². The topological polar surface area (TPSA) is 70.2 Å². The number of benzene rings is 2. The average molecular weight is 390 g/mol. The average Bonchev–Trinajstić information content (AvgIpc) is 2.71. The predicted molar refractivity (Wildman–Crippen MR) is 118 cm³/mol. The molecular weight excluding hydrogens is 362 g/mol. The van der Waals surface area contributed by atoms with Crippen LogP contribution in [0.25, 0.3) is 11.4 Å². The van der Waals surface area contributed by atoms with Crippen molar-refractivity contribution in [3.63, 3.8) is 0 Å². The number of carbonyl (C=O) groups is 1. The first-order valence-electron chi connectivity index (χ1n) is 9.64. The summed E-state index contributed by atoms with van der Waals surface area (Å²) in [5.41, 5.74) is 4.25. The molecule has 2 aromatic carbocycles. The summed E-state index contributed by atoms with van der Waals surface area (Å²) < 4.78 is 0. The van der Waals surface area contributed by atoms with Crippen LogP contribution in [0.15, 0.2) is 54.6 Å². The first-order chi connectivity index (χ1) is 13.9. The van der Waals surface area contributed by atoms with Crippen molar-refractivity contribution in [1.29, 1.82) is 0 Å². The van der Waals surface area contributed by atoms with E-state index in [1.165, 1.54) is 5.56 Å². The van der Waals surface area contributed by atoms with E-state index in [1.54, 1.807) is 6.07 Å². The molecule has 0 unspecified atom stereocenters. The molecule has 0 aliphatic heterocycles. The molecule has 0 aliphatic rings. The van der Waals surface area contributed by atoms with Gasteiger partial charge in [-0.1, -0.05) is 36.4 Å². The molecule has 0 bridgehead atoms. The summed E-state index contributed by atoms with van der Waals surface area (Å²) in [7, 11) is 4.03. The number of aryl methyl sites for hydroxylation is 2. The molecule has 0 saturated carbocycles. The normalized spacial score (nSPS) is 10.8. The largest absolute Gasteiger partial charge is 0.369 e. The number of rotatable bonds is 7. The number of hydrogen-bond donors (Lipinski definition) is 2. The van der Waals surface area contributed by atoms with Gasteiger partial charge in [-0.05, 0) is 51.2 Å². The number of carbonyl (C=O) groups excluding carboxylic acids is 1. The third-order valence-electron chi connectivity index (χ3n) is 4.62. The van der Waals surface area contributed by atoms with E-state index in [2.05, 4.69) is 25.5 Å². The van der Waals surface area contributed by atoms with Crippen LogP contribution in [0, 0.1) is 13.8 Å². The summed E-state index contributed by atoms with van der Waals surface area (Å²) in [6.45, 7) is 5.64. The summed E-state index contributed by atoms with van der Waals surface area (Å²) in [5, 5.41) is 6.23. The standard InChI is InChI=1S/C23H27N5O/c1-16-10-11-19(14-17(16)2)25-23(29)20-15-21(24-12-13-28(3)4)27-22(26-20)18-8-6-5-7-9-18/h5-11,14-15H,12-13H2,1-4H3,(H,25,29)(H,24,26,27). The van der Waals surface area contributed by atoms with Crippen LogP contribution in [0.4, 0.5) is 11.5 Å². The lowest BCUT2D eigenvalue weighted by Gasteiger charge is -2.13. The maximum absolute atomic E-state index is 12.9. The van der Waals surface area contributed by atoms with E-state index < -0.39 is 0 Å². The molecule has 1 aromatic heterocycles. The summed E-state index contributed by atoms with van der Waals surface area (Å²) in [6, 6.07) is 17.2. The minimum absolute atomic E-state index is 0.261. The van der Waals surface area contributed by atoms with Gasteiger partial charge in [0.15, 0.2) is 5.82 Å². The van der Waals surface area contributed by atoms with Gasteiger partial charge in [-0.2, -0.15) is 0 Å². The molecule has 0 aliphatic carbocycles. The number of aromatic nitrogens is 2. The highest BCUT2D eigenvalue weighted by Gasteiger charge is 2.14. The van der Waals surface area contributed by atoms with Gasteiger partial charge in [0.05, 0.1) is 0 Å². The molecule has 0 radical (unpaired) electrons. The Labute approximate surface area is 172 Å². The fourth-order valence-corrected chi connectivity index (χ4v) is 2.79. The van der Waals surface area contributed by atoms with Gasteiger partial charge in [0.25, 0.3) is 5.91 Å². The Hall–Kier alpha value is -3.25. The lowest BCUT2D eigenvalue weighted by molar-refractivity contribution is 0.102. The number of likely N-dealkylation sites (N-methyl/N-ethyl adjacent to an activating group) is 1. The molecule has 29 heavy (non-hydrogen) atoms. The lowest BCUT2D eigenvalue weighted by Crippen LogP contribution is -2.22. The molecule has 0 spiro atoms. The molecular formula is C23H27N5O. The smallest absolute Gasteiger partial charge is 0.274 e. The number of nitrogens with one attached hydrogen (secondary N) is 2. The molecule has 3 rings (SSSR count). The van der Waals surface area contributed by atoms with E-state index in [1.807, 2.05) is 76.5 Å². The molecule has 0 fully saturated rings. The second-order valence-electron chi connectivity index (χ2n) is 7.31. The van der Waals surface area contributed by atoms with Crippen LogP contribution >= 0.6 is 0 Å². The minimum Gasteiger partial charge on any atom is -0.369 e. The van der Waals surface area contributed by atoms with Crippen LogP contribution in [-0.2, 0) is 0 Å². The Morgan fingerprint density at radius 1 is 0.966 bits per heavy atom. The van der Waals surface area contributed by atoms with Crippen LogP contribution < -0.4 is 10.6 Å². The van der Waals surface area contributed by atoms with Crippen molar-refractivity contribution in [3.8, 4) is 11.4 Å². The van der Waals surface area contributed by atoms with Crippen LogP contribution in [0.1, 0.15) is 21.6 Å². The molecule has 6 heteroatoms. The molecule has 150 valence electrons. The number of anilines is 2. The van der Waals surface area contributed by atoms with E-state index >= 15 is 0 Å². The Bertz CT molecular complexity index is 986. The first kappa shape index (κ1) is 20.5. The van der Waals surface area contributed by atoms with Crippen molar-refractivity contribution >= 4 is 17.4 Å². The summed E-state index contributed by atoms with van der Waals surface area (Å²) in [5.74, 6) is 0.889. The van der Waals surface area contributed by atoms with Gasteiger partial charge >= 0.3 is 0 Å². The van der Waals surface area contributed by atoms with E-state index in [9.17, 15) is 4.79 Å². The van der Waals surface area contributed by atoms with E-state index in [-0.39, 0.29) is 5.91 Å². The number of nitrogens with zero attached hydrogens (tertiary/aromatic N) is 3. The van der Waals surface area contributed by atoms with E-state index in [0.29, 0.717) is 17.3 Å². The van der Waals surface area contributed by atoms with Gasteiger partial charge in [0.1, 0.15) is 11.5 Å². The van der Waals surface area contributed by atoms with Gasteiger partial charge < -0.3 is 15.5 Å². The Kier molecular flexibility index (Phi) is 6.57. The molecule has 0 atom stereocenters. The first-order valence-corrected chi connectivity index (χ1v) is 9.64. The molecule has 1 amide bonds. The fraction of sp³-hybridized carbons (Fsp3) is 0.261. The second kappa shape index (κ2) is 9.30. The third-order valence-corrected chi connectivity index (χ3v) is 4.62. The van der Waals surface area contributed by atoms with Crippen molar-refractivity contribution in [1.82, 2.24) is 14.9 Å². The van der Waals surface area contributed by atoms with Gasteiger partial charge in [0, 0.05) is 30.4 Å².